The second-order valence-corrected chi connectivity index (χ2v) is 10.4. The van der Waals surface area contributed by atoms with Crippen LogP contribution in [0.15, 0.2) is 11.0 Å². The number of nitrogens with two attached hydrogens (primary N) is 1. The summed E-state index contributed by atoms with van der Waals surface area (Å²) in [6.45, 7) is -0.294. The van der Waals surface area contributed by atoms with Crippen molar-refractivity contribution in [2.24, 2.45) is 0 Å². The van der Waals surface area contributed by atoms with Crippen molar-refractivity contribution in [1.29, 1.82) is 0 Å². The Labute approximate surface area is 118 Å². The zero-order chi connectivity index (χ0) is 13.3. The molecular formula is C9H12ClHgN3O4. The van der Waals surface area contributed by atoms with Crippen LogP contribution in [0.1, 0.15) is 12.6 Å². The van der Waals surface area contributed by atoms with E-state index < -0.39 is 47.5 Å². The molecule has 0 aromatic carbocycles. The Morgan fingerprint density at radius 2 is 2.44 bits per heavy atom. The van der Waals surface area contributed by atoms with Gasteiger partial charge in [0.1, 0.15) is 0 Å². The summed E-state index contributed by atoms with van der Waals surface area (Å²) in [5, 5.41) is 18.6. The maximum absolute atomic E-state index is 11.7. The van der Waals surface area contributed by atoms with Crippen LogP contribution in [-0.2, 0) is 28.1 Å². The van der Waals surface area contributed by atoms with Crippen molar-refractivity contribution < 1.29 is 38.3 Å². The zero-order valence-electron chi connectivity index (χ0n) is 9.49. The number of aliphatic hydroxyl groups is 2. The van der Waals surface area contributed by atoms with Crippen molar-refractivity contribution in [3.63, 3.8) is 0 Å². The van der Waals surface area contributed by atoms with Crippen molar-refractivity contribution in [3.05, 3.63) is 16.7 Å². The van der Waals surface area contributed by atoms with Gasteiger partial charge in [-0.1, -0.05) is 0 Å². The first kappa shape index (κ1) is 14.2. The summed E-state index contributed by atoms with van der Waals surface area (Å²) in [5.74, 6) is 0.185. The third-order valence-corrected chi connectivity index (χ3v) is 8.66. The molecule has 18 heavy (non-hydrogen) atoms. The average molecular weight is 462 g/mol. The van der Waals surface area contributed by atoms with Gasteiger partial charge >= 0.3 is 119 Å². The molecule has 1 aliphatic rings. The Bertz CT molecular complexity index is 497. The van der Waals surface area contributed by atoms with Gasteiger partial charge in [0, 0.05) is 0 Å². The van der Waals surface area contributed by atoms with Gasteiger partial charge < -0.3 is 0 Å². The van der Waals surface area contributed by atoms with Crippen LogP contribution in [0.2, 0.25) is 0 Å². The number of aliphatic hydroxyl groups excluding tert-OH is 2. The van der Waals surface area contributed by atoms with Gasteiger partial charge in [-0.25, -0.2) is 0 Å². The molecule has 3 unspecified atom stereocenters. The normalized spacial score (nSPS) is 27.2. The number of anilines is 1. The second kappa shape index (κ2) is 5.83. The molecule has 3 atom stereocenters. The standard InChI is InChI=1S/C9H12N3O4.ClH.Hg/c10-7-1-2-12(9(15)11-7)8-3-5(14)6(4-13)16-8;;/h2,5-6,8,13-14H,3-4H2,(H2,10,11,15);1H;/q;;+1/p-1. The zero-order valence-corrected chi connectivity index (χ0v) is 15.7. The fraction of sp³-hybridized carbons (Fsp3) is 0.556. The molecule has 1 aromatic rings. The predicted molar refractivity (Wildman–Crippen MR) is 60.0 cm³/mol. The van der Waals surface area contributed by atoms with E-state index >= 15 is 0 Å². The molecule has 7 nitrogen and oxygen atoms in total. The SMILES string of the molecule is Nc1nc(=O)n(C2CC(O)C(CO)O2)c[c]1[Hg][Cl]. The molecule has 0 bridgehead atoms. The fourth-order valence-electron chi connectivity index (χ4n) is 1.88. The second-order valence-electron chi connectivity index (χ2n) is 4.09. The Balaban J connectivity index is 2.32. The number of hydrogen-bond acceptors (Lipinski definition) is 6. The van der Waals surface area contributed by atoms with Crippen LogP contribution < -0.4 is 14.5 Å². The van der Waals surface area contributed by atoms with Crippen molar-refractivity contribution in [2.45, 2.75) is 24.9 Å². The molecule has 2 rings (SSSR count). The van der Waals surface area contributed by atoms with Gasteiger partial charge in [0.15, 0.2) is 0 Å². The summed E-state index contributed by atoms with van der Waals surface area (Å²) in [6, 6.07) is 0. The Hall–Kier alpha value is -0.215. The molecule has 0 saturated carbocycles. The Morgan fingerprint density at radius 1 is 1.72 bits per heavy atom. The van der Waals surface area contributed by atoms with Crippen LogP contribution in [0.3, 0.4) is 0 Å². The first-order valence-corrected chi connectivity index (χ1v) is 15.0. The maximum atomic E-state index is 11.7. The molecule has 4 N–H and O–H groups in total. The van der Waals surface area contributed by atoms with Gasteiger partial charge in [-0.15, -0.1) is 0 Å². The number of hydrogen-bond donors (Lipinski definition) is 3. The number of aromatic nitrogens is 2. The molecule has 96 valence electrons. The molecule has 1 saturated heterocycles. The van der Waals surface area contributed by atoms with Crippen molar-refractivity contribution in [2.75, 3.05) is 12.3 Å². The summed E-state index contributed by atoms with van der Waals surface area (Å²) in [7, 11) is 5.90. The first-order valence-electron chi connectivity index (χ1n) is 5.44. The topological polar surface area (TPSA) is 111 Å². The number of nitrogens with zero attached hydrogens (tertiary/aromatic N) is 2. The van der Waals surface area contributed by atoms with Gasteiger partial charge in [-0.3, -0.25) is 0 Å². The van der Waals surface area contributed by atoms with E-state index in [1.165, 1.54) is 4.57 Å². The monoisotopic (exact) mass is 463 g/mol. The van der Waals surface area contributed by atoms with Crippen LogP contribution in [0, 0.1) is 0 Å². The van der Waals surface area contributed by atoms with E-state index in [1.807, 2.05) is 0 Å². The Morgan fingerprint density at radius 3 is 3.00 bits per heavy atom. The van der Waals surface area contributed by atoms with Gasteiger partial charge in [-0.05, 0) is 0 Å². The molecule has 0 aliphatic carbocycles. The fourth-order valence-corrected chi connectivity index (χ4v) is 5.56. The number of rotatable bonds is 3. The Kier molecular flexibility index (Phi) is 4.60. The van der Waals surface area contributed by atoms with E-state index in [-0.39, 0.29) is 18.8 Å². The van der Waals surface area contributed by atoms with Crippen LogP contribution in [0.5, 0.6) is 0 Å². The molecule has 1 aromatic heterocycles. The molecule has 1 fully saturated rings. The quantitative estimate of drug-likeness (QED) is 0.464. The van der Waals surface area contributed by atoms with Gasteiger partial charge in [0.2, 0.25) is 0 Å². The minimum atomic E-state index is -1.79. The molecule has 0 amide bonds. The third-order valence-electron chi connectivity index (χ3n) is 2.90. The van der Waals surface area contributed by atoms with E-state index in [1.54, 1.807) is 6.20 Å². The minimum absolute atomic E-state index is 0.185. The number of ether oxygens (including phenoxy) is 1. The van der Waals surface area contributed by atoms with E-state index in [0.717, 1.165) is 3.07 Å². The summed E-state index contributed by atoms with van der Waals surface area (Å²) < 4.78 is 7.42. The molecule has 0 radical (unpaired) electrons. The van der Waals surface area contributed by atoms with Gasteiger partial charge in [0.25, 0.3) is 0 Å². The molecule has 0 spiro atoms. The average Bonchev–Trinajstić information content (AvgIpc) is 2.70. The van der Waals surface area contributed by atoms with Crippen LogP contribution in [0.25, 0.3) is 0 Å². The molecular weight excluding hydrogens is 450 g/mol. The van der Waals surface area contributed by atoms with Crippen LogP contribution in [-0.4, -0.2) is 38.6 Å². The van der Waals surface area contributed by atoms with E-state index in [0.29, 0.717) is 0 Å². The van der Waals surface area contributed by atoms with E-state index in [2.05, 4.69) is 4.98 Å². The van der Waals surface area contributed by atoms with Crippen LogP contribution >= 0.6 is 8.25 Å². The predicted octanol–water partition coefficient (Wildman–Crippen LogP) is -1.67. The summed E-state index contributed by atoms with van der Waals surface area (Å²) in [4.78, 5) is 15.4. The van der Waals surface area contributed by atoms with Crippen molar-refractivity contribution >= 4 is 17.1 Å². The van der Waals surface area contributed by atoms with E-state index in [9.17, 15) is 9.90 Å². The summed E-state index contributed by atoms with van der Waals surface area (Å²) >= 11 is -1.79. The number of nitrogen functional groups attached to an aromatic ring is 1. The molecule has 2 heterocycles. The third kappa shape index (κ3) is 2.69. The van der Waals surface area contributed by atoms with Gasteiger partial charge in [0.05, 0.1) is 0 Å². The number of halogens is 1. The summed E-state index contributed by atoms with van der Waals surface area (Å²) in [5.41, 5.74) is 5.06. The summed E-state index contributed by atoms with van der Waals surface area (Å²) in [6.07, 6.45) is -0.309. The van der Waals surface area contributed by atoms with E-state index in [4.69, 9.17) is 23.8 Å². The first-order chi connectivity index (χ1) is 8.56. The molecule has 1 aliphatic heterocycles. The van der Waals surface area contributed by atoms with Crippen molar-refractivity contribution in [1.82, 2.24) is 9.55 Å². The van der Waals surface area contributed by atoms with Crippen molar-refractivity contribution in [3.8, 4) is 0 Å². The van der Waals surface area contributed by atoms with Gasteiger partial charge in [-0.2, -0.15) is 0 Å². The van der Waals surface area contributed by atoms with Crippen LogP contribution in [0.4, 0.5) is 5.82 Å². The molecule has 9 heteroatoms.